The molecule has 0 saturated heterocycles. The van der Waals surface area contributed by atoms with Gasteiger partial charge in [-0.2, -0.15) is 0 Å². The van der Waals surface area contributed by atoms with E-state index in [4.69, 9.17) is 14.2 Å². The van der Waals surface area contributed by atoms with Crippen molar-refractivity contribution in [2.45, 2.75) is 33.0 Å². The quantitative estimate of drug-likeness (QED) is 0.461. The normalized spacial score (nSPS) is 11.5. The maximum Gasteiger partial charge on any atom is 0.323 e. The molecule has 0 amide bonds. The van der Waals surface area contributed by atoms with Crippen LogP contribution >= 0.6 is 0 Å². The van der Waals surface area contributed by atoms with Crippen LogP contribution in [0.1, 0.15) is 25.0 Å². The molecule has 0 aliphatic carbocycles. The van der Waals surface area contributed by atoms with Gasteiger partial charge in [-0.3, -0.25) is 19.7 Å². The van der Waals surface area contributed by atoms with Crippen LogP contribution in [0.15, 0.2) is 48.5 Å². The van der Waals surface area contributed by atoms with Gasteiger partial charge in [0.15, 0.2) is 0 Å². The largest absolute Gasteiger partial charge is 0.480 e. The number of benzene rings is 2. The summed E-state index contributed by atoms with van der Waals surface area (Å²) >= 11 is 0. The third kappa shape index (κ3) is 7.36. The van der Waals surface area contributed by atoms with E-state index < -0.39 is 23.9 Å². The van der Waals surface area contributed by atoms with Crippen LogP contribution in [0.5, 0.6) is 11.5 Å². The maximum atomic E-state index is 11.5. The zero-order valence-corrected chi connectivity index (χ0v) is 16.2. The molecule has 2 rings (SSSR count). The lowest BCUT2D eigenvalue weighted by molar-refractivity contribution is -0.141. The van der Waals surface area contributed by atoms with Gasteiger partial charge in [0, 0.05) is 31.5 Å². The van der Waals surface area contributed by atoms with Crippen molar-refractivity contribution in [1.29, 1.82) is 0 Å². The summed E-state index contributed by atoms with van der Waals surface area (Å²) in [6, 6.07) is 12.7. The van der Waals surface area contributed by atoms with Crippen LogP contribution in [0, 0.1) is 0 Å². The molecular formula is C21H23NO7. The number of carboxylic acids is 1. The summed E-state index contributed by atoms with van der Waals surface area (Å²) in [5.74, 6) is -1.25. The molecule has 8 heteroatoms. The van der Waals surface area contributed by atoms with Gasteiger partial charge in [0.25, 0.3) is 0 Å². The van der Waals surface area contributed by atoms with Crippen LogP contribution in [-0.4, -0.2) is 35.7 Å². The highest BCUT2D eigenvalue weighted by Gasteiger charge is 2.18. The van der Waals surface area contributed by atoms with E-state index in [1.165, 1.54) is 13.8 Å². The van der Waals surface area contributed by atoms with E-state index >= 15 is 0 Å². The van der Waals surface area contributed by atoms with Gasteiger partial charge in [-0.25, -0.2) is 0 Å². The highest BCUT2D eigenvalue weighted by Crippen LogP contribution is 2.20. The molecule has 29 heavy (non-hydrogen) atoms. The minimum Gasteiger partial charge on any atom is -0.480 e. The molecule has 2 aromatic rings. The molecule has 0 fully saturated rings. The number of nitrogens with one attached hydrogen (secondary N) is 1. The van der Waals surface area contributed by atoms with Gasteiger partial charge in [-0.05, 0) is 12.1 Å². The number of carboxylic acid groups (broad SMARTS) is 1. The molecule has 0 aliphatic heterocycles. The van der Waals surface area contributed by atoms with E-state index in [0.29, 0.717) is 22.6 Å². The number of ether oxygens (including phenoxy) is 3. The van der Waals surface area contributed by atoms with E-state index in [1.54, 1.807) is 48.5 Å². The minimum atomic E-state index is -1.08. The van der Waals surface area contributed by atoms with Gasteiger partial charge >= 0.3 is 17.9 Å². The Morgan fingerprint density at radius 3 is 1.97 bits per heavy atom. The summed E-state index contributed by atoms with van der Waals surface area (Å²) in [5.41, 5.74) is 1.28. The van der Waals surface area contributed by atoms with Crippen molar-refractivity contribution in [3.05, 3.63) is 59.7 Å². The van der Waals surface area contributed by atoms with Crippen molar-refractivity contribution in [3.63, 3.8) is 0 Å². The predicted molar refractivity (Wildman–Crippen MR) is 103 cm³/mol. The molecule has 0 aliphatic rings. The van der Waals surface area contributed by atoms with Gasteiger partial charge in [-0.1, -0.05) is 36.4 Å². The average molecular weight is 401 g/mol. The first-order valence-corrected chi connectivity index (χ1v) is 8.93. The third-order valence-electron chi connectivity index (χ3n) is 3.83. The van der Waals surface area contributed by atoms with Crippen molar-refractivity contribution in [1.82, 2.24) is 5.32 Å². The van der Waals surface area contributed by atoms with Gasteiger partial charge < -0.3 is 19.3 Å². The van der Waals surface area contributed by atoms with Crippen molar-refractivity contribution in [3.8, 4) is 11.5 Å². The SMILES string of the molecule is CC(=O)Oc1ccccc1CN[C@@H](COCc1ccccc1OC(C)=O)C(=O)O. The van der Waals surface area contributed by atoms with Gasteiger partial charge in [-0.15, -0.1) is 0 Å². The highest BCUT2D eigenvalue weighted by molar-refractivity contribution is 5.73. The molecule has 0 unspecified atom stereocenters. The van der Waals surface area contributed by atoms with E-state index in [9.17, 15) is 19.5 Å². The molecule has 0 aromatic heterocycles. The molecular weight excluding hydrogens is 378 g/mol. The summed E-state index contributed by atoms with van der Waals surface area (Å²) < 4.78 is 15.8. The van der Waals surface area contributed by atoms with E-state index in [1.807, 2.05) is 0 Å². The van der Waals surface area contributed by atoms with Crippen LogP contribution in [-0.2, 0) is 32.3 Å². The van der Waals surface area contributed by atoms with Crippen LogP contribution < -0.4 is 14.8 Å². The van der Waals surface area contributed by atoms with Gasteiger partial charge in [0.2, 0.25) is 0 Å². The van der Waals surface area contributed by atoms with Crippen molar-refractivity contribution < 1.29 is 33.7 Å². The van der Waals surface area contributed by atoms with E-state index in [-0.39, 0.29) is 19.8 Å². The Bertz CT molecular complexity index is 866. The average Bonchev–Trinajstić information content (AvgIpc) is 2.65. The predicted octanol–water partition coefficient (Wildman–Crippen LogP) is 2.30. The van der Waals surface area contributed by atoms with Crippen molar-refractivity contribution >= 4 is 17.9 Å². The zero-order valence-electron chi connectivity index (χ0n) is 16.2. The Morgan fingerprint density at radius 1 is 0.897 bits per heavy atom. The zero-order chi connectivity index (χ0) is 21.2. The summed E-state index contributed by atoms with van der Waals surface area (Å²) in [5, 5.41) is 12.3. The number of aliphatic carboxylic acids is 1. The molecule has 1 atom stereocenters. The molecule has 8 nitrogen and oxygen atoms in total. The summed E-state index contributed by atoms with van der Waals surface area (Å²) in [4.78, 5) is 33.9. The van der Waals surface area contributed by atoms with E-state index in [2.05, 4.69) is 5.32 Å². The number of rotatable bonds is 10. The lowest BCUT2D eigenvalue weighted by Gasteiger charge is -2.17. The second-order valence-corrected chi connectivity index (χ2v) is 6.19. The number of hydrogen-bond acceptors (Lipinski definition) is 7. The number of esters is 2. The Labute approximate surface area is 168 Å². The Kier molecular flexibility index (Phi) is 8.32. The molecule has 0 radical (unpaired) electrons. The van der Waals surface area contributed by atoms with Crippen LogP contribution in [0.3, 0.4) is 0 Å². The fourth-order valence-corrected chi connectivity index (χ4v) is 2.52. The lowest BCUT2D eigenvalue weighted by atomic mass is 10.2. The van der Waals surface area contributed by atoms with Crippen molar-refractivity contribution in [2.75, 3.05) is 6.61 Å². The Hall–Kier alpha value is -3.23. The monoisotopic (exact) mass is 401 g/mol. The van der Waals surface area contributed by atoms with Gasteiger partial charge in [0.1, 0.15) is 17.5 Å². The van der Waals surface area contributed by atoms with Crippen molar-refractivity contribution in [2.24, 2.45) is 0 Å². The molecule has 0 bridgehead atoms. The van der Waals surface area contributed by atoms with E-state index in [0.717, 1.165) is 0 Å². The summed E-state index contributed by atoms with van der Waals surface area (Å²) in [7, 11) is 0. The molecule has 0 heterocycles. The molecule has 2 N–H and O–H groups in total. The first kappa shape index (κ1) is 22.1. The lowest BCUT2D eigenvalue weighted by Crippen LogP contribution is -2.40. The second-order valence-electron chi connectivity index (χ2n) is 6.19. The summed E-state index contributed by atoms with van der Waals surface area (Å²) in [6.07, 6.45) is 0. The molecule has 0 saturated carbocycles. The Morgan fingerprint density at radius 2 is 1.41 bits per heavy atom. The van der Waals surface area contributed by atoms with Crippen LogP contribution in [0.25, 0.3) is 0 Å². The molecule has 0 spiro atoms. The number of carbonyl (C=O) groups excluding carboxylic acids is 2. The minimum absolute atomic E-state index is 0.0823. The smallest absolute Gasteiger partial charge is 0.323 e. The standard InChI is InChI=1S/C21H23NO7/c1-14(23)28-19-9-5-3-7-16(19)11-22-18(21(25)26)13-27-12-17-8-4-6-10-20(17)29-15(2)24/h3-10,18,22H,11-13H2,1-2H3,(H,25,26)/t18-/m0/s1. The Balaban J connectivity index is 1.94. The third-order valence-corrected chi connectivity index (χ3v) is 3.83. The van der Waals surface area contributed by atoms with Gasteiger partial charge in [0.05, 0.1) is 13.2 Å². The highest BCUT2D eigenvalue weighted by atomic mass is 16.5. The first-order chi connectivity index (χ1) is 13.9. The number of carbonyl (C=O) groups is 3. The maximum absolute atomic E-state index is 11.5. The topological polar surface area (TPSA) is 111 Å². The summed E-state index contributed by atoms with van der Waals surface area (Å²) in [6.45, 7) is 2.74. The van der Waals surface area contributed by atoms with Crippen LogP contribution in [0.4, 0.5) is 0 Å². The fourth-order valence-electron chi connectivity index (χ4n) is 2.52. The number of hydrogen-bond donors (Lipinski definition) is 2. The fraction of sp³-hybridized carbons (Fsp3) is 0.286. The number of para-hydroxylation sites is 2. The second kappa shape index (κ2) is 10.9. The first-order valence-electron chi connectivity index (χ1n) is 8.93. The molecule has 154 valence electrons. The van der Waals surface area contributed by atoms with Crippen LogP contribution in [0.2, 0.25) is 0 Å². The molecule has 2 aromatic carbocycles.